The van der Waals surface area contributed by atoms with Crippen LogP contribution in [-0.4, -0.2) is 10.1 Å². The van der Waals surface area contributed by atoms with Gasteiger partial charge in [-0.25, -0.2) is 4.39 Å². The second-order valence-corrected chi connectivity index (χ2v) is 4.78. The van der Waals surface area contributed by atoms with Gasteiger partial charge in [0.25, 0.3) is 5.89 Å². The molecule has 1 aliphatic rings. The van der Waals surface area contributed by atoms with E-state index in [4.69, 9.17) is 10.3 Å². The Hall–Kier alpha value is -1.75. The lowest BCUT2D eigenvalue weighted by atomic mass is 10.1. The molecule has 1 unspecified atom stereocenters. The van der Waals surface area contributed by atoms with Gasteiger partial charge in [0.1, 0.15) is 5.82 Å². The molecule has 5 heteroatoms. The molecule has 1 aliphatic carbocycles. The maximum Gasteiger partial charge on any atom is 0.258 e. The molecule has 2 aromatic rings. The van der Waals surface area contributed by atoms with E-state index in [2.05, 4.69) is 10.1 Å². The summed E-state index contributed by atoms with van der Waals surface area (Å²) in [4.78, 5) is 4.31. The molecule has 0 aliphatic heterocycles. The molecule has 1 aromatic heterocycles. The minimum atomic E-state index is -0.273. The van der Waals surface area contributed by atoms with Crippen molar-refractivity contribution in [3.05, 3.63) is 35.4 Å². The van der Waals surface area contributed by atoms with Crippen molar-refractivity contribution in [2.45, 2.75) is 25.8 Å². The zero-order valence-corrected chi connectivity index (χ0v) is 10.1. The summed E-state index contributed by atoms with van der Waals surface area (Å²) in [5.74, 6) is 1.14. The molecule has 0 radical (unpaired) electrons. The summed E-state index contributed by atoms with van der Waals surface area (Å²) in [7, 11) is 0. The predicted molar refractivity (Wildman–Crippen MR) is 64.1 cm³/mol. The van der Waals surface area contributed by atoms with E-state index in [0.717, 1.165) is 24.0 Å². The summed E-state index contributed by atoms with van der Waals surface area (Å²) in [5.41, 5.74) is 7.53. The van der Waals surface area contributed by atoms with Gasteiger partial charge in [-0.15, -0.1) is 0 Å². The van der Waals surface area contributed by atoms with Gasteiger partial charge in [0.05, 0.1) is 6.04 Å². The van der Waals surface area contributed by atoms with E-state index in [1.54, 1.807) is 6.07 Å². The van der Waals surface area contributed by atoms with E-state index >= 15 is 0 Å². The predicted octanol–water partition coefficient (Wildman–Crippen LogP) is 2.59. The van der Waals surface area contributed by atoms with E-state index in [1.165, 1.54) is 12.1 Å². The number of rotatable bonds is 3. The first-order valence-corrected chi connectivity index (χ1v) is 6.01. The van der Waals surface area contributed by atoms with Crippen LogP contribution >= 0.6 is 0 Å². The van der Waals surface area contributed by atoms with E-state index < -0.39 is 0 Å². The summed E-state index contributed by atoms with van der Waals surface area (Å²) in [6, 6.07) is 4.32. The SMILES string of the molecule is Cc1cc(F)ccc1-c1nc(C(N)C2CC2)no1. The summed E-state index contributed by atoms with van der Waals surface area (Å²) >= 11 is 0. The summed E-state index contributed by atoms with van der Waals surface area (Å²) in [5, 5.41) is 3.91. The van der Waals surface area contributed by atoms with Crippen LogP contribution in [0.25, 0.3) is 11.5 Å². The Labute approximate surface area is 104 Å². The van der Waals surface area contributed by atoms with E-state index in [0.29, 0.717) is 17.6 Å². The van der Waals surface area contributed by atoms with E-state index in [1.807, 2.05) is 6.92 Å². The molecule has 2 N–H and O–H groups in total. The Balaban J connectivity index is 1.92. The molecular weight excluding hydrogens is 233 g/mol. The van der Waals surface area contributed by atoms with Crippen LogP contribution in [0.3, 0.4) is 0 Å². The molecule has 0 amide bonds. The lowest BCUT2D eigenvalue weighted by Crippen LogP contribution is -2.13. The van der Waals surface area contributed by atoms with Crippen molar-refractivity contribution in [1.82, 2.24) is 10.1 Å². The minimum absolute atomic E-state index is 0.150. The van der Waals surface area contributed by atoms with Crippen LogP contribution in [0.15, 0.2) is 22.7 Å². The monoisotopic (exact) mass is 247 g/mol. The highest BCUT2D eigenvalue weighted by Crippen LogP contribution is 2.38. The maximum absolute atomic E-state index is 13.0. The fourth-order valence-corrected chi connectivity index (χ4v) is 2.01. The molecule has 0 saturated heterocycles. The summed E-state index contributed by atoms with van der Waals surface area (Å²) in [6.07, 6.45) is 2.25. The first kappa shape index (κ1) is 11.3. The molecule has 3 rings (SSSR count). The third kappa shape index (κ3) is 2.01. The largest absolute Gasteiger partial charge is 0.334 e. The number of hydrogen-bond donors (Lipinski definition) is 1. The van der Waals surface area contributed by atoms with Gasteiger partial charge >= 0.3 is 0 Å². The molecule has 0 spiro atoms. The van der Waals surface area contributed by atoms with Gasteiger partial charge in [0, 0.05) is 5.56 Å². The quantitative estimate of drug-likeness (QED) is 0.905. The van der Waals surface area contributed by atoms with E-state index in [9.17, 15) is 4.39 Å². The molecule has 1 fully saturated rings. The van der Waals surface area contributed by atoms with Gasteiger partial charge in [-0.2, -0.15) is 4.98 Å². The van der Waals surface area contributed by atoms with Crippen molar-refractivity contribution in [2.24, 2.45) is 11.7 Å². The van der Waals surface area contributed by atoms with Gasteiger partial charge < -0.3 is 10.3 Å². The van der Waals surface area contributed by atoms with Crippen LogP contribution in [-0.2, 0) is 0 Å². The summed E-state index contributed by atoms with van der Waals surface area (Å²) < 4.78 is 18.2. The number of nitrogens with two attached hydrogens (primary N) is 1. The molecule has 0 bridgehead atoms. The third-order valence-electron chi connectivity index (χ3n) is 3.29. The van der Waals surface area contributed by atoms with Crippen LogP contribution in [0, 0.1) is 18.7 Å². The second-order valence-electron chi connectivity index (χ2n) is 4.78. The Bertz CT molecular complexity index is 577. The van der Waals surface area contributed by atoms with Crippen LogP contribution in [0.1, 0.15) is 30.3 Å². The van der Waals surface area contributed by atoms with Gasteiger partial charge in [-0.1, -0.05) is 5.16 Å². The first-order valence-electron chi connectivity index (χ1n) is 6.01. The molecular formula is C13H14FN3O. The first-order chi connectivity index (χ1) is 8.65. The smallest absolute Gasteiger partial charge is 0.258 e. The van der Waals surface area contributed by atoms with Crippen molar-refractivity contribution in [1.29, 1.82) is 0 Å². The zero-order chi connectivity index (χ0) is 12.7. The Morgan fingerprint density at radius 2 is 2.22 bits per heavy atom. The molecule has 1 saturated carbocycles. The van der Waals surface area contributed by atoms with E-state index in [-0.39, 0.29) is 11.9 Å². The fraction of sp³-hybridized carbons (Fsp3) is 0.385. The van der Waals surface area contributed by atoms with Crippen LogP contribution < -0.4 is 5.73 Å². The molecule has 4 nitrogen and oxygen atoms in total. The van der Waals surface area contributed by atoms with Gasteiger partial charge in [0.2, 0.25) is 0 Å². The zero-order valence-electron chi connectivity index (χ0n) is 10.1. The van der Waals surface area contributed by atoms with Crippen LogP contribution in [0.5, 0.6) is 0 Å². The molecule has 94 valence electrons. The Kier molecular flexibility index (Phi) is 2.63. The lowest BCUT2D eigenvalue weighted by Gasteiger charge is -2.02. The van der Waals surface area contributed by atoms with Crippen molar-refractivity contribution >= 4 is 0 Å². The third-order valence-corrected chi connectivity index (χ3v) is 3.29. The number of nitrogens with zero attached hydrogens (tertiary/aromatic N) is 2. The normalized spacial score (nSPS) is 16.8. The van der Waals surface area contributed by atoms with Crippen molar-refractivity contribution < 1.29 is 8.91 Å². The van der Waals surface area contributed by atoms with Crippen molar-refractivity contribution in [3.63, 3.8) is 0 Å². The lowest BCUT2D eigenvalue weighted by molar-refractivity contribution is 0.411. The fourth-order valence-electron chi connectivity index (χ4n) is 2.01. The van der Waals surface area contributed by atoms with Crippen LogP contribution in [0.2, 0.25) is 0 Å². The Morgan fingerprint density at radius 3 is 2.89 bits per heavy atom. The van der Waals surface area contributed by atoms with Gasteiger partial charge in [-0.3, -0.25) is 0 Å². The van der Waals surface area contributed by atoms with Gasteiger partial charge in [0.15, 0.2) is 5.82 Å². The molecule has 1 heterocycles. The molecule has 1 aromatic carbocycles. The second kappa shape index (κ2) is 4.17. The average Bonchev–Trinajstić information content (AvgIpc) is 3.07. The average molecular weight is 247 g/mol. The number of aryl methyl sites for hydroxylation is 1. The number of benzene rings is 1. The molecule has 1 atom stereocenters. The number of hydrogen-bond acceptors (Lipinski definition) is 4. The highest BCUT2D eigenvalue weighted by Gasteiger charge is 2.32. The minimum Gasteiger partial charge on any atom is -0.334 e. The van der Waals surface area contributed by atoms with Gasteiger partial charge in [-0.05, 0) is 49.4 Å². The molecule has 18 heavy (non-hydrogen) atoms. The van der Waals surface area contributed by atoms with Crippen molar-refractivity contribution in [3.8, 4) is 11.5 Å². The van der Waals surface area contributed by atoms with Crippen molar-refractivity contribution in [2.75, 3.05) is 0 Å². The number of halogens is 1. The highest BCUT2D eigenvalue weighted by atomic mass is 19.1. The van der Waals surface area contributed by atoms with Crippen LogP contribution in [0.4, 0.5) is 4.39 Å². The summed E-state index contributed by atoms with van der Waals surface area (Å²) in [6.45, 7) is 1.81. The number of aromatic nitrogens is 2. The topological polar surface area (TPSA) is 64.9 Å². The maximum atomic E-state index is 13.0. The highest BCUT2D eigenvalue weighted by molar-refractivity contribution is 5.57. The standard InChI is InChI=1S/C13H14FN3O/c1-7-6-9(14)4-5-10(7)13-16-12(17-18-13)11(15)8-2-3-8/h4-6,8,11H,2-3,15H2,1H3. The Morgan fingerprint density at radius 1 is 1.44 bits per heavy atom.